The third kappa shape index (κ3) is 2.45. The van der Waals surface area contributed by atoms with Crippen molar-refractivity contribution in [3.05, 3.63) is 71.7 Å². The Morgan fingerprint density at radius 1 is 1.14 bits per heavy atom. The summed E-state index contributed by atoms with van der Waals surface area (Å²) in [6, 6.07) is 13.6. The number of halogens is 1. The number of fused-ring (bicyclic) bond motifs is 1. The van der Waals surface area contributed by atoms with E-state index in [2.05, 4.69) is 4.98 Å². The first-order valence-electron chi connectivity index (χ1n) is 6.56. The van der Waals surface area contributed by atoms with E-state index < -0.39 is 11.9 Å². The molecule has 1 aromatic heterocycles. The Balaban J connectivity index is 2.10. The molecule has 4 heteroatoms. The van der Waals surface area contributed by atoms with Crippen LogP contribution in [0.4, 0.5) is 4.39 Å². The number of hydrogen-bond acceptors (Lipinski definition) is 3. The molecule has 21 heavy (non-hydrogen) atoms. The highest BCUT2D eigenvalue weighted by Gasteiger charge is 2.20. The van der Waals surface area contributed by atoms with E-state index in [0.717, 1.165) is 10.9 Å². The van der Waals surface area contributed by atoms with Crippen molar-refractivity contribution in [3.63, 3.8) is 0 Å². The van der Waals surface area contributed by atoms with Gasteiger partial charge >= 0.3 is 0 Å². The average Bonchev–Trinajstić information content (AvgIpc) is 2.53. The van der Waals surface area contributed by atoms with Crippen molar-refractivity contribution in [1.82, 2.24) is 4.98 Å². The predicted octanol–water partition coefficient (Wildman–Crippen LogP) is 3.46. The summed E-state index contributed by atoms with van der Waals surface area (Å²) in [5.74, 6) is -0.174. The summed E-state index contributed by atoms with van der Waals surface area (Å²) < 4.78 is 19.2. The van der Waals surface area contributed by atoms with Gasteiger partial charge in [0.25, 0.3) is 0 Å². The summed E-state index contributed by atoms with van der Waals surface area (Å²) in [7, 11) is 1.45. The molecule has 1 heterocycles. The van der Waals surface area contributed by atoms with E-state index in [9.17, 15) is 9.50 Å². The first-order valence-corrected chi connectivity index (χ1v) is 6.56. The van der Waals surface area contributed by atoms with Gasteiger partial charge in [0.2, 0.25) is 0 Å². The maximum absolute atomic E-state index is 14.0. The molecular weight excluding hydrogens is 269 g/mol. The fourth-order valence-corrected chi connectivity index (χ4v) is 2.38. The van der Waals surface area contributed by atoms with Crippen molar-refractivity contribution >= 4 is 10.9 Å². The lowest BCUT2D eigenvalue weighted by Crippen LogP contribution is -2.05. The van der Waals surface area contributed by atoms with Crippen molar-refractivity contribution in [3.8, 4) is 5.75 Å². The van der Waals surface area contributed by atoms with Gasteiger partial charge in [-0.15, -0.1) is 0 Å². The first kappa shape index (κ1) is 13.5. The van der Waals surface area contributed by atoms with Gasteiger partial charge in [-0.25, -0.2) is 4.39 Å². The van der Waals surface area contributed by atoms with Gasteiger partial charge in [0.15, 0.2) is 0 Å². The van der Waals surface area contributed by atoms with Gasteiger partial charge in [0.1, 0.15) is 17.7 Å². The fraction of sp³-hybridized carbons (Fsp3) is 0.118. The van der Waals surface area contributed by atoms with E-state index in [1.54, 1.807) is 30.5 Å². The quantitative estimate of drug-likeness (QED) is 0.800. The number of aromatic nitrogens is 1. The molecule has 1 N–H and O–H groups in total. The van der Waals surface area contributed by atoms with Gasteiger partial charge in [-0.3, -0.25) is 4.98 Å². The molecule has 0 bridgehead atoms. The summed E-state index contributed by atoms with van der Waals surface area (Å²) in [6.07, 6.45) is 0.579. The summed E-state index contributed by atoms with van der Waals surface area (Å²) in [5.41, 5.74) is 1.46. The number of benzene rings is 2. The van der Waals surface area contributed by atoms with E-state index >= 15 is 0 Å². The van der Waals surface area contributed by atoms with Crippen LogP contribution < -0.4 is 4.74 Å². The molecule has 2 aromatic carbocycles. The van der Waals surface area contributed by atoms with Crippen LogP contribution in [0.1, 0.15) is 17.2 Å². The molecule has 0 aliphatic rings. The van der Waals surface area contributed by atoms with Gasteiger partial charge in [-0.1, -0.05) is 24.3 Å². The number of rotatable bonds is 3. The van der Waals surface area contributed by atoms with E-state index in [4.69, 9.17) is 4.74 Å². The molecule has 3 rings (SSSR count). The minimum Gasteiger partial charge on any atom is -0.496 e. The monoisotopic (exact) mass is 283 g/mol. The lowest BCUT2D eigenvalue weighted by atomic mass is 9.99. The van der Waals surface area contributed by atoms with Crippen LogP contribution >= 0.6 is 0 Å². The molecule has 106 valence electrons. The Hall–Kier alpha value is -2.46. The number of hydrogen-bond donors (Lipinski definition) is 1. The molecule has 0 radical (unpaired) electrons. The molecule has 0 spiro atoms. The molecule has 0 aliphatic carbocycles. The zero-order chi connectivity index (χ0) is 14.8. The normalized spacial score (nSPS) is 12.3. The van der Waals surface area contributed by atoms with Gasteiger partial charge in [-0.2, -0.15) is 0 Å². The Labute approximate surface area is 121 Å². The largest absolute Gasteiger partial charge is 0.496 e. The Morgan fingerprint density at radius 2 is 2.00 bits per heavy atom. The van der Waals surface area contributed by atoms with Gasteiger partial charge in [-0.05, 0) is 29.8 Å². The zero-order valence-corrected chi connectivity index (χ0v) is 11.5. The number of nitrogens with zero attached hydrogens (tertiary/aromatic N) is 1. The standard InChI is InChI=1S/C17H14FNO2/c1-21-15-6-2-5-13(18)16(15)17(20)12-8-7-11-4-3-9-19-14(11)10-12/h2-10,17,20H,1H3. The number of pyridine rings is 1. The maximum Gasteiger partial charge on any atom is 0.133 e. The Kier molecular flexibility index (Phi) is 3.54. The maximum atomic E-state index is 14.0. The van der Waals surface area contributed by atoms with E-state index in [-0.39, 0.29) is 5.56 Å². The molecular formula is C17H14FNO2. The molecule has 3 nitrogen and oxygen atoms in total. The molecule has 3 aromatic rings. The van der Waals surface area contributed by atoms with Crippen molar-refractivity contribution in [1.29, 1.82) is 0 Å². The fourth-order valence-electron chi connectivity index (χ4n) is 2.38. The van der Waals surface area contributed by atoms with Gasteiger partial charge < -0.3 is 9.84 Å². The van der Waals surface area contributed by atoms with Crippen LogP contribution in [0.25, 0.3) is 10.9 Å². The second-order valence-corrected chi connectivity index (χ2v) is 4.71. The molecule has 0 saturated carbocycles. The minimum absolute atomic E-state index is 0.135. The van der Waals surface area contributed by atoms with Crippen LogP contribution in [0, 0.1) is 5.82 Å². The van der Waals surface area contributed by atoms with Gasteiger partial charge in [0.05, 0.1) is 18.2 Å². The van der Waals surface area contributed by atoms with E-state index in [1.165, 1.54) is 13.2 Å². The van der Waals surface area contributed by atoms with Crippen LogP contribution in [-0.4, -0.2) is 17.2 Å². The summed E-state index contributed by atoms with van der Waals surface area (Å²) in [5, 5.41) is 11.5. The van der Waals surface area contributed by atoms with Crippen LogP contribution in [0.3, 0.4) is 0 Å². The van der Waals surface area contributed by atoms with Gasteiger partial charge in [0, 0.05) is 11.6 Å². The van der Waals surface area contributed by atoms with Crippen molar-refractivity contribution < 1.29 is 14.2 Å². The number of aliphatic hydroxyl groups is 1. The SMILES string of the molecule is COc1cccc(F)c1C(O)c1ccc2cccnc2c1. The highest BCUT2D eigenvalue weighted by atomic mass is 19.1. The molecule has 0 saturated heterocycles. The lowest BCUT2D eigenvalue weighted by Gasteiger charge is -2.16. The van der Waals surface area contributed by atoms with Crippen LogP contribution in [0.5, 0.6) is 5.75 Å². The van der Waals surface area contributed by atoms with E-state index in [1.807, 2.05) is 18.2 Å². The molecule has 0 amide bonds. The summed E-state index contributed by atoms with van der Waals surface area (Å²) >= 11 is 0. The number of aliphatic hydroxyl groups excluding tert-OH is 1. The van der Waals surface area contributed by atoms with Crippen molar-refractivity contribution in [2.45, 2.75) is 6.10 Å². The Bertz CT molecular complexity index is 789. The zero-order valence-electron chi connectivity index (χ0n) is 11.5. The van der Waals surface area contributed by atoms with Crippen LogP contribution in [0.2, 0.25) is 0 Å². The van der Waals surface area contributed by atoms with Crippen LogP contribution in [-0.2, 0) is 0 Å². The third-order valence-electron chi connectivity index (χ3n) is 3.45. The minimum atomic E-state index is -1.10. The van der Waals surface area contributed by atoms with Crippen LogP contribution in [0.15, 0.2) is 54.7 Å². The Morgan fingerprint density at radius 3 is 2.81 bits per heavy atom. The smallest absolute Gasteiger partial charge is 0.133 e. The highest BCUT2D eigenvalue weighted by molar-refractivity contribution is 5.79. The predicted molar refractivity (Wildman–Crippen MR) is 78.8 cm³/mol. The highest BCUT2D eigenvalue weighted by Crippen LogP contribution is 2.33. The average molecular weight is 283 g/mol. The summed E-state index contributed by atoms with van der Waals surface area (Å²) in [6.45, 7) is 0. The summed E-state index contributed by atoms with van der Waals surface area (Å²) in [4.78, 5) is 4.25. The molecule has 1 atom stereocenters. The second-order valence-electron chi connectivity index (χ2n) is 4.71. The lowest BCUT2D eigenvalue weighted by molar-refractivity contribution is 0.209. The van der Waals surface area contributed by atoms with E-state index in [0.29, 0.717) is 11.3 Å². The molecule has 0 aliphatic heterocycles. The number of methoxy groups -OCH3 is 1. The van der Waals surface area contributed by atoms with Crippen molar-refractivity contribution in [2.75, 3.05) is 7.11 Å². The molecule has 1 unspecified atom stereocenters. The third-order valence-corrected chi connectivity index (χ3v) is 3.45. The van der Waals surface area contributed by atoms with Crippen molar-refractivity contribution in [2.24, 2.45) is 0 Å². The topological polar surface area (TPSA) is 42.4 Å². The second kappa shape index (κ2) is 5.50. The molecule has 0 fully saturated rings. The number of ether oxygens (including phenoxy) is 1. The first-order chi connectivity index (χ1) is 10.2.